The van der Waals surface area contributed by atoms with Gasteiger partial charge in [0.2, 0.25) is 11.9 Å². The lowest BCUT2D eigenvalue weighted by Crippen LogP contribution is -2.45. The first-order valence-corrected chi connectivity index (χ1v) is 13.8. The molecule has 0 radical (unpaired) electrons. The van der Waals surface area contributed by atoms with E-state index in [-0.39, 0.29) is 47.2 Å². The van der Waals surface area contributed by atoms with Gasteiger partial charge in [-0.3, -0.25) is 9.78 Å². The van der Waals surface area contributed by atoms with Gasteiger partial charge in [0.1, 0.15) is 11.5 Å². The number of hydrogen-bond acceptors (Lipinski definition) is 10. The number of pyridine rings is 1. The molecule has 2 aliphatic rings. The van der Waals surface area contributed by atoms with Crippen LogP contribution in [0, 0.1) is 5.41 Å². The summed E-state index contributed by atoms with van der Waals surface area (Å²) in [5, 5.41) is 27.2. The van der Waals surface area contributed by atoms with Crippen LogP contribution in [0.2, 0.25) is 10.0 Å². The maximum Gasteiger partial charge on any atom is 0.243 e. The van der Waals surface area contributed by atoms with E-state index in [1.54, 1.807) is 18.3 Å². The van der Waals surface area contributed by atoms with E-state index in [0.717, 1.165) is 0 Å². The highest BCUT2D eigenvalue weighted by Gasteiger charge is 2.45. The number of hydrogen-bond donors (Lipinski definition) is 4. The molecule has 1 aliphatic heterocycles. The van der Waals surface area contributed by atoms with E-state index in [1.807, 2.05) is 0 Å². The maximum atomic E-state index is 11.9. The Hall–Kier alpha value is -3.22. The molecule has 5 rings (SSSR count). The highest BCUT2D eigenvalue weighted by molar-refractivity contribution is 6.41. The second-order valence-electron chi connectivity index (χ2n) is 10.3. The Bertz CT molecular complexity index is 1450. The minimum atomic E-state index is -0.588. The lowest BCUT2D eigenvalue weighted by molar-refractivity contribution is -0.117. The quantitative estimate of drug-likeness (QED) is 0.254. The van der Waals surface area contributed by atoms with Gasteiger partial charge >= 0.3 is 0 Å². The zero-order valence-corrected chi connectivity index (χ0v) is 24.1. The fourth-order valence-electron chi connectivity index (χ4n) is 5.39. The van der Waals surface area contributed by atoms with E-state index in [1.165, 1.54) is 20.3 Å². The Kier molecular flexibility index (Phi) is 8.53. The average molecular weight is 604 g/mol. The van der Waals surface area contributed by atoms with Gasteiger partial charge in [-0.15, -0.1) is 0 Å². The van der Waals surface area contributed by atoms with Crippen molar-refractivity contribution in [2.45, 2.75) is 30.8 Å². The van der Waals surface area contributed by atoms with Crippen molar-refractivity contribution in [2.75, 3.05) is 46.0 Å². The molecule has 2 fully saturated rings. The summed E-state index contributed by atoms with van der Waals surface area (Å²) >= 11 is 13.4. The van der Waals surface area contributed by atoms with Gasteiger partial charge in [0, 0.05) is 34.5 Å². The number of anilines is 1. The van der Waals surface area contributed by atoms with Crippen LogP contribution in [0.1, 0.15) is 24.5 Å². The fourth-order valence-corrected chi connectivity index (χ4v) is 6.08. The van der Waals surface area contributed by atoms with Crippen molar-refractivity contribution in [3.8, 4) is 22.8 Å². The first-order chi connectivity index (χ1) is 19.8. The van der Waals surface area contributed by atoms with E-state index < -0.39 is 5.41 Å². The standard InChI is InChI=1S/C28H31Cl2N5O6/c1-4-21(38)32-17-10-41-11-18(17)34-27-31-9-14-5-16(22-23(29)19(39-2)6-20(40-3)24(22)30)33-26(25(14)35-27)15-7-28(8-15,12-36)13-37/h4-6,9,15,17-18,36-37H,1,7-8,10-13H2,2-3H3,(H,32,38)(H,31,34,35)/t17-,18+/m0/s1. The van der Waals surface area contributed by atoms with E-state index >= 15 is 0 Å². The molecule has 0 unspecified atom stereocenters. The van der Waals surface area contributed by atoms with Crippen molar-refractivity contribution >= 4 is 46.0 Å². The van der Waals surface area contributed by atoms with Gasteiger partial charge in [-0.2, -0.15) is 0 Å². The smallest absolute Gasteiger partial charge is 0.243 e. The number of benzene rings is 1. The predicted molar refractivity (Wildman–Crippen MR) is 155 cm³/mol. The average Bonchev–Trinajstić information content (AvgIpc) is 3.39. The summed E-state index contributed by atoms with van der Waals surface area (Å²) in [6, 6.07) is 2.87. The van der Waals surface area contributed by atoms with E-state index in [0.29, 0.717) is 71.4 Å². The number of methoxy groups -OCH3 is 2. The molecule has 41 heavy (non-hydrogen) atoms. The number of fused-ring (bicyclic) bond motifs is 1. The largest absolute Gasteiger partial charge is 0.495 e. The van der Waals surface area contributed by atoms with Crippen LogP contribution in [0.15, 0.2) is 31.0 Å². The van der Waals surface area contributed by atoms with E-state index in [4.69, 9.17) is 47.4 Å². The third kappa shape index (κ3) is 5.52. The molecule has 1 amide bonds. The Morgan fingerprint density at radius 1 is 1.12 bits per heavy atom. The number of nitrogens with one attached hydrogen (secondary N) is 2. The summed E-state index contributed by atoms with van der Waals surface area (Å²) < 4.78 is 16.5. The molecule has 13 heteroatoms. The van der Waals surface area contributed by atoms with Gasteiger partial charge < -0.3 is 35.1 Å². The highest BCUT2D eigenvalue weighted by atomic mass is 35.5. The van der Waals surface area contributed by atoms with Crippen molar-refractivity contribution in [1.82, 2.24) is 20.3 Å². The number of nitrogens with zero attached hydrogens (tertiary/aromatic N) is 3. The van der Waals surface area contributed by atoms with Crippen molar-refractivity contribution in [3.63, 3.8) is 0 Å². The number of carbonyl (C=O) groups excluding carboxylic acids is 1. The molecule has 1 aromatic carbocycles. The third-order valence-electron chi connectivity index (χ3n) is 7.75. The topological polar surface area (TPSA) is 148 Å². The predicted octanol–water partition coefficient (Wildman–Crippen LogP) is 3.35. The molecule has 1 saturated carbocycles. The van der Waals surface area contributed by atoms with Crippen LogP contribution in [0.25, 0.3) is 22.2 Å². The zero-order valence-electron chi connectivity index (χ0n) is 22.6. The molecule has 2 aromatic heterocycles. The summed E-state index contributed by atoms with van der Waals surface area (Å²) in [7, 11) is 3.00. The summed E-state index contributed by atoms with van der Waals surface area (Å²) in [4.78, 5) is 26.2. The van der Waals surface area contributed by atoms with E-state index in [9.17, 15) is 15.0 Å². The van der Waals surface area contributed by atoms with Crippen LogP contribution in [0.3, 0.4) is 0 Å². The minimum Gasteiger partial charge on any atom is -0.495 e. The number of carbonyl (C=O) groups is 1. The number of amides is 1. The van der Waals surface area contributed by atoms with Crippen molar-refractivity contribution in [2.24, 2.45) is 5.41 Å². The Labute approximate surface area is 246 Å². The molecule has 1 aliphatic carbocycles. The molecule has 11 nitrogen and oxygen atoms in total. The molecule has 4 N–H and O–H groups in total. The summed E-state index contributed by atoms with van der Waals surface area (Å²) in [6.07, 6.45) is 3.93. The Morgan fingerprint density at radius 3 is 2.39 bits per heavy atom. The molecule has 1 saturated heterocycles. The fraction of sp³-hybridized carbons (Fsp3) is 0.429. The van der Waals surface area contributed by atoms with Gasteiger partial charge in [-0.05, 0) is 25.0 Å². The molecule has 2 atom stereocenters. The first kappa shape index (κ1) is 29.3. The second-order valence-corrected chi connectivity index (χ2v) is 11.1. The maximum absolute atomic E-state index is 11.9. The second kappa shape index (κ2) is 11.9. The molecular weight excluding hydrogens is 573 g/mol. The first-order valence-electron chi connectivity index (χ1n) is 13.0. The number of halogens is 2. The van der Waals surface area contributed by atoms with Crippen LogP contribution < -0.4 is 20.1 Å². The Morgan fingerprint density at radius 2 is 1.78 bits per heavy atom. The van der Waals surface area contributed by atoms with Crippen LogP contribution >= 0.6 is 23.2 Å². The van der Waals surface area contributed by atoms with E-state index in [2.05, 4.69) is 22.2 Å². The van der Waals surface area contributed by atoms with Crippen LogP contribution in [0.4, 0.5) is 5.95 Å². The minimum absolute atomic E-state index is 0.0982. The van der Waals surface area contributed by atoms with Crippen LogP contribution in [-0.4, -0.2) is 83.8 Å². The van der Waals surface area contributed by atoms with Gasteiger partial charge in [0.15, 0.2) is 0 Å². The molecule has 3 aromatic rings. The molecular formula is C28H31Cl2N5O6. The highest BCUT2D eigenvalue weighted by Crippen LogP contribution is 2.52. The number of aliphatic hydroxyl groups is 2. The van der Waals surface area contributed by atoms with Crippen molar-refractivity contribution in [3.05, 3.63) is 46.7 Å². The normalized spacial score (nSPS) is 20.0. The Balaban J connectivity index is 1.59. The van der Waals surface area contributed by atoms with Gasteiger partial charge in [0.25, 0.3) is 0 Å². The van der Waals surface area contributed by atoms with Crippen LogP contribution in [0.5, 0.6) is 11.5 Å². The SMILES string of the molecule is C=CC(=O)N[C@H]1COC[C@H]1Nc1ncc2cc(-c3c(Cl)c(OC)cc(OC)c3Cl)nc(C3CC(CO)(CO)C3)c2n1. The van der Waals surface area contributed by atoms with Crippen molar-refractivity contribution in [1.29, 1.82) is 0 Å². The molecule has 0 spiro atoms. The number of aromatic nitrogens is 3. The van der Waals surface area contributed by atoms with Gasteiger partial charge in [-0.25, -0.2) is 9.97 Å². The lowest BCUT2D eigenvalue weighted by Gasteiger charge is -2.45. The zero-order chi connectivity index (χ0) is 29.3. The monoisotopic (exact) mass is 603 g/mol. The summed E-state index contributed by atoms with van der Waals surface area (Å²) in [5.41, 5.74) is 1.59. The molecule has 3 heterocycles. The van der Waals surface area contributed by atoms with Crippen LogP contribution in [-0.2, 0) is 9.53 Å². The number of rotatable bonds is 10. The number of aliphatic hydroxyl groups excluding tert-OH is 2. The van der Waals surface area contributed by atoms with Gasteiger partial charge in [0.05, 0.1) is 79.7 Å². The molecule has 0 bridgehead atoms. The summed E-state index contributed by atoms with van der Waals surface area (Å²) in [5.74, 6) is 0.706. The van der Waals surface area contributed by atoms with Crippen molar-refractivity contribution < 1.29 is 29.2 Å². The van der Waals surface area contributed by atoms with Gasteiger partial charge in [-0.1, -0.05) is 29.8 Å². The third-order valence-corrected chi connectivity index (χ3v) is 8.50. The lowest BCUT2D eigenvalue weighted by atomic mass is 9.61. The molecule has 218 valence electrons. The summed E-state index contributed by atoms with van der Waals surface area (Å²) in [6.45, 7) is 3.94. The number of ether oxygens (including phenoxy) is 3.